The molecule has 0 amide bonds. The van der Waals surface area contributed by atoms with Crippen molar-refractivity contribution >= 4 is 21.4 Å². The lowest BCUT2D eigenvalue weighted by Crippen LogP contribution is -2.58. The number of sulfonamides is 1. The van der Waals surface area contributed by atoms with E-state index < -0.39 is 10.0 Å². The number of hydrogen-bond acceptors (Lipinski definition) is 5. The van der Waals surface area contributed by atoms with E-state index in [-0.39, 0.29) is 9.75 Å². The quantitative estimate of drug-likeness (QED) is 0.802. The van der Waals surface area contributed by atoms with Crippen LogP contribution < -0.4 is 0 Å². The normalized spacial score (nSPS) is 24.1. The molecule has 0 aromatic carbocycles. The molecule has 2 fully saturated rings. The summed E-state index contributed by atoms with van der Waals surface area (Å²) in [6.45, 7) is 4.40. The second-order valence-corrected chi connectivity index (χ2v) is 7.80. The van der Waals surface area contributed by atoms with Crippen LogP contribution in [-0.2, 0) is 14.8 Å². The number of rotatable bonds is 2. The Hall–Kier alpha value is -0.500. The Morgan fingerprint density at radius 1 is 1.53 bits per heavy atom. The van der Waals surface area contributed by atoms with Crippen molar-refractivity contribution in [2.75, 3.05) is 26.3 Å². The van der Waals surface area contributed by atoms with Crippen LogP contribution in [0.15, 0.2) is 9.72 Å². The molecule has 7 heteroatoms. The molecule has 1 spiro atoms. The molecule has 0 atom stereocenters. The van der Waals surface area contributed by atoms with Crippen LogP contribution in [-0.4, -0.2) is 44.0 Å². The molecule has 2 aliphatic rings. The number of aryl methyl sites for hydroxylation is 1. The molecule has 0 aliphatic carbocycles. The van der Waals surface area contributed by atoms with Crippen molar-refractivity contribution < 1.29 is 13.2 Å². The first kappa shape index (κ1) is 11.6. The van der Waals surface area contributed by atoms with Gasteiger partial charge in [0, 0.05) is 36.2 Å². The van der Waals surface area contributed by atoms with Crippen LogP contribution in [0.4, 0.5) is 0 Å². The van der Waals surface area contributed by atoms with Gasteiger partial charge in [0.05, 0.1) is 6.61 Å². The molecule has 5 nitrogen and oxygen atoms in total. The predicted molar refractivity (Wildman–Crippen MR) is 63.5 cm³/mol. The van der Waals surface area contributed by atoms with Crippen molar-refractivity contribution in [3.63, 3.8) is 0 Å². The molecule has 0 bridgehead atoms. The zero-order chi connectivity index (χ0) is 12.1. The third-order valence-electron chi connectivity index (χ3n) is 3.37. The van der Waals surface area contributed by atoms with Crippen LogP contribution in [0, 0.1) is 12.3 Å². The number of nitrogens with zero attached hydrogens (tertiary/aromatic N) is 2. The maximum Gasteiger partial charge on any atom is 0.270 e. The Kier molecular flexibility index (Phi) is 2.55. The van der Waals surface area contributed by atoms with Crippen LogP contribution in [0.5, 0.6) is 0 Å². The van der Waals surface area contributed by atoms with Crippen molar-refractivity contribution in [3.8, 4) is 0 Å². The van der Waals surface area contributed by atoms with Crippen LogP contribution in [0.2, 0.25) is 0 Å². The van der Waals surface area contributed by atoms with Gasteiger partial charge >= 0.3 is 0 Å². The summed E-state index contributed by atoms with van der Waals surface area (Å²) in [6, 6.07) is 0. The van der Waals surface area contributed by atoms with E-state index in [1.807, 2.05) is 0 Å². The van der Waals surface area contributed by atoms with Crippen molar-refractivity contribution in [2.45, 2.75) is 17.7 Å². The highest BCUT2D eigenvalue weighted by molar-refractivity contribution is 7.91. The van der Waals surface area contributed by atoms with Crippen LogP contribution >= 0.6 is 11.3 Å². The summed E-state index contributed by atoms with van der Waals surface area (Å²) in [5, 5.41) is 1.76. The lowest BCUT2D eigenvalue weighted by Gasteiger charge is -2.45. The van der Waals surface area contributed by atoms with Gasteiger partial charge < -0.3 is 4.74 Å². The third-order valence-corrected chi connectivity index (χ3v) is 6.51. The highest BCUT2D eigenvalue weighted by Crippen LogP contribution is 2.41. The van der Waals surface area contributed by atoms with Crippen molar-refractivity contribution in [3.05, 3.63) is 11.1 Å². The fourth-order valence-electron chi connectivity index (χ4n) is 2.33. The van der Waals surface area contributed by atoms with Gasteiger partial charge in [-0.05, 0) is 13.3 Å². The van der Waals surface area contributed by atoms with Crippen LogP contribution in [0.3, 0.4) is 0 Å². The average molecular weight is 274 g/mol. The molecule has 0 radical (unpaired) electrons. The first-order valence-corrected chi connectivity index (χ1v) is 7.84. The Balaban J connectivity index is 1.78. The fraction of sp³-hybridized carbons (Fsp3) is 0.700. The number of hydrogen-bond donors (Lipinski definition) is 0. The highest BCUT2D eigenvalue weighted by Gasteiger charge is 2.51. The molecule has 0 unspecified atom stereocenters. The Morgan fingerprint density at radius 2 is 2.29 bits per heavy atom. The summed E-state index contributed by atoms with van der Waals surface area (Å²) in [4.78, 5) is 4.06. The fourth-order valence-corrected chi connectivity index (χ4v) is 5.17. The molecule has 2 saturated heterocycles. The second-order valence-electron chi connectivity index (χ2n) is 4.83. The standard InChI is InChI=1S/C10H14N2O3S2/c1-8-4-16-9(11-8)17(13,14)12-5-10(6-12)2-3-15-7-10/h4H,2-3,5-7H2,1H3. The van der Waals surface area contributed by atoms with E-state index in [9.17, 15) is 8.42 Å². The van der Waals surface area contributed by atoms with Crippen LogP contribution in [0.25, 0.3) is 0 Å². The minimum atomic E-state index is -3.36. The van der Waals surface area contributed by atoms with Gasteiger partial charge in [-0.1, -0.05) is 0 Å². The molecule has 94 valence electrons. The maximum atomic E-state index is 12.2. The summed E-state index contributed by atoms with van der Waals surface area (Å²) >= 11 is 1.19. The number of aromatic nitrogens is 1. The Morgan fingerprint density at radius 3 is 2.82 bits per heavy atom. The maximum absolute atomic E-state index is 12.2. The lowest BCUT2D eigenvalue weighted by molar-refractivity contribution is 0.0512. The Labute approximate surface area is 104 Å². The molecular weight excluding hydrogens is 260 g/mol. The minimum absolute atomic E-state index is 0.0827. The summed E-state index contributed by atoms with van der Waals surface area (Å²) < 4.78 is 31.5. The zero-order valence-electron chi connectivity index (χ0n) is 9.55. The van der Waals surface area contributed by atoms with Crippen LogP contribution in [0.1, 0.15) is 12.1 Å². The SMILES string of the molecule is Cc1csc(S(=O)(=O)N2CC3(CCOC3)C2)n1. The predicted octanol–water partition coefficient (Wildman–Crippen LogP) is 0.863. The van der Waals surface area contributed by atoms with Gasteiger partial charge in [0.15, 0.2) is 0 Å². The van der Waals surface area contributed by atoms with E-state index in [1.165, 1.54) is 15.6 Å². The van der Waals surface area contributed by atoms with E-state index in [0.717, 1.165) is 18.7 Å². The third kappa shape index (κ3) is 1.81. The summed E-state index contributed by atoms with van der Waals surface area (Å²) in [5.41, 5.74) is 0.840. The summed E-state index contributed by atoms with van der Waals surface area (Å²) in [5.74, 6) is 0. The van der Waals surface area contributed by atoms with Gasteiger partial charge in [0.1, 0.15) is 0 Å². The first-order chi connectivity index (χ1) is 8.02. The zero-order valence-corrected chi connectivity index (χ0v) is 11.2. The van der Waals surface area contributed by atoms with E-state index in [2.05, 4.69) is 4.98 Å². The minimum Gasteiger partial charge on any atom is -0.381 e. The Bertz CT molecular complexity index is 524. The number of thiazole rings is 1. The molecule has 0 N–H and O–H groups in total. The van der Waals surface area contributed by atoms with Gasteiger partial charge in [-0.15, -0.1) is 11.3 Å². The first-order valence-electron chi connectivity index (χ1n) is 5.52. The van der Waals surface area contributed by atoms with E-state index in [1.54, 1.807) is 12.3 Å². The second kappa shape index (κ2) is 3.74. The van der Waals surface area contributed by atoms with E-state index in [0.29, 0.717) is 19.7 Å². The number of ether oxygens (including phenoxy) is 1. The molecule has 2 aliphatic heterocycles. The van der Waals surface area contributed by atoms with Gasteiger partial charge in [-0.3, -0.25) is 0 Å². The van der Waals surface area contributed by atoms with E-state index in [4.69, 9.17) is 4.74 Å². The topological polar surface area (TPSA) is 59.5 Å². The highest BCUT2D eigenvalue weighted by atomic mass is 32.2. The van der Waals surface area contributed by atoms with Crippen molar-refractivity contribution in [2.24, 2.45) is 5.41 Å². The molecule has 3 rings (SSSR count). The molecule has 3 heterocycles. The average Bonchev–Trinajstić information content (AvgIpc) is 2.82. The summed E-state index contributed by atoms with van der Waals surface area (Å²) in [6.07, 6.45) is 0.968. The molecule has 17 heavy (non-hydrogen) atoms. The van der Waals surface area contributed by atoms with Gasteiger partial charge in [-0.2, -0.15) is 4.31 Å². The molecule has 1 aromatic rings. The van der Waals surface area contributed by atoms with Crippen molar-refractivity contribution in [1.29, 1.82) is 0 Å². The van der Waals surface area contributed by atoms with Gasteiger partial charge in [0.25, 0.3) is 10.0 Å². The molecule has 1 aromatic heterocycles. The van der Waals surface area contributed by atoms with Gasteiger partial charge in [0.2, 0.25) is 4.34 Å². The molecule has 0 saturated carbocycles. The largest absolute Gasteiger partial charge is 0.381 e. The van der Waals surface area contributed by atoms with Gasteiger partial charge in [-0.25, -0.2) is 13.4 Å². The summed E-state index contributed by atoms with van der Waals surface area (Å²) in [7, 11) is -3.36. The molecular formula is C10H14N2O3S2. The van der Waals surface area contributed by atoms with E-state index >= 15 is 0 Å². The smallest absolute Gasteiger partial charge is 0.270 e. The lowest BCUT2D eigenvalue weighted by atomic mass is 9.81. The van der Waals surface area contributed by atoms with Crippen molar-refractivity contribution in [1.82, 2.24) is 9.29 Å². The monoisotopic (exact) mass is 274 g/mol.